The molecule has 0 saturated carbocycles. The summed E-state index contributed by atoms with van der Waals surface area (Å²) in [5, 5.41) is 11.0. The Balaban J connectivity index is 2.09. The number of rotatable bonds is 5. The Bertz CT molecular complexity index is 693. The first-order chi connectivity index (χ1) is 10.7. The molecule has 2 rings (SSSR count). The van der Waals surface area contributed by atoms with Gasteiger partial charge in [-0.25, -0.2) is 0 Å². The third-order valence-corrected chi connectivity index (χ3v) is 3.15. The molecule has 126 valence electrons. The van der Waals surface area contributed by atoms with Gasteiger partial charge < -0.3 is 9.15 Å². The van der Waals surface area contributed by atoms with Crippen LogP contribution in [-0.4, -0.2) is 33.1 Å². The number of esters is 1. The van der Waals surface area contributed by atoms with Gasteiger partial charge in [0.1, 0.15) is 6.42 Å². The van der Waals surface area contributed by atoms with E-state index in [1.165, 1.54) is 18.7 Å². The number of carbonyl (C=O) groups excluding carboxylic acids is 1. The molecule has 7 nitrogen and oxygen atoms in total. The number of aryl methyl sites for hydroxylation is 1. The Morgan fingerprint density at radius 2 is 2.13 bits per heavy atom. The van der Waals surface area contributed by atoms with Crippen molar-refractivity contribution in [2.75, 3.05) is 7.11 Å². The van der Waals surface area contributed by atoms with Crippen molar-refractivity contribution in [3.05, 3.63) is 29.2 Å². The molecule has 0 N–H and O–H groups in total. The van der Waals surface area contributed by atoms with E-state index in [2.05, 4.69) is 20.0 Å². The SMILES string of the molecule is COC(=O)Cc1nnc(C(C)Cn2nc(C(F)(F)F)cc2C)o1. The average molecular weight is 332 g/mol. The molecule has 2 aromatic heterocycles. The topological polar surface area (TPSA) is 83.0 Å². The molecule has 0 bridgehead atoms. The molecule has 0 radical (unpaired) electrons. The Labute approximate surface area is 129 Å². The highest BCUT2D eigenvalue weighted by Crippen LogP contribution is 2.29. The fourth-order valence-electron chi connectivity index (χ4n) is 1.90. The summed E-state index contributed by atoms with van der Waals surface area (Å²) < 4.78 is 49.0. The number of halogens is 3. The highest BCUT2D eigenvalue weighted by molar-refractivity contribution is 5.70. The third-order valence-electron chi connectivity index (χ3n) is 3.15. The number of hydrogen-bond acceptors (Lipinski definition) is 6. The van der Waals surface area contributed by atoms with Crippen LogP contribution in [0.1, 0.15) is 36.0 Å². The molecule has 0 aromatic carbocycles. The summed E-state index contributed by atoms with van der Waals surface area (Å²) in [6, 6.07) is 0.975. The van der Waals surface area contributed by atoms with E-state index in [9.17, 15) is 18.0 Å². The van der Waals surface area contributed by atoms with E-state index in [0.29, 0.717) is 5.69 Å². The van der Waals surface area contributed by atoms with E-state index in [-0.39, 0.29) is 30.7 Å². The standard InChI is InChI=1S/C13H15F3N4O3/c1-7(12-18-17-10(23-12)5-11(21)22-3)6-20-8(2)4-9(19-20)13(14,15)16/h4,7H,5-6H2,1-3H3. The van der Waals surface area contributed by atoms with Crippen molar-refractivity contribution >= 4 is 5.97 Å². The van der Waals surface area contributed by atoms with Crippen LogP contribution in [0.4, 0.5) is 13.2 Å². The van der Waals surface area contributed by atoms with Crippen LogP contribution in [0.25, 0.3) is 0 Å². The molecule has 23 heavy (non-hydrogen) atoms. The highest BCUT2D eigenvalue weighted by atomic mass is 19.4. The third kappa shape index (κ3) is 4.08. The maximum Gasteiger partial charge on any atom is 0.435 e. The minimum atomic E-state index is -4.49. The van der Waals surface area contributed by atoms with Crippen molar-refractivity contribution in [2.45, 2.75) is 38.9 Å². The molecule has 1 atom stereocenters. The fourth-order valence-corrected chi connectivity index (χ4v) is 1.90. The second-order valence-electron chi connectivity index (χ2n) is 5.04. The van der Waals surface area contributed by atoms with Gasteiger partial charge in [-0.3, -0.25) is 9.48 Å². The van der Waals surface area contributed by atoms with Crippen LogP contribution in [0.3, 0.4) is 0 Å². The van der Waals surface area contributed by atoms with Crippen molar-refractivity contribution in [3.63, 3.8) is 0 Å². The van der Waals surface area contributed by atoms with Crippen LogP contribution in [0.2, 0.25) is 0 Å². The van der Waals surface area contributed by atoms with E-state index in [0.717, 1.165) is 6.07 Å². The Morgan fingerprint density at radius 3 is 2.70 bits per heavy atom. The number of hydrogen-bond donors (Lipinski definition) is 0. The lowest BCUT2D eigenvalue weighted by Crippen LogP contribution is -2.12. The minimum Gasteiger partial charge on any atom is -0.469 e. The van der Waals surface area contributed by atoms with Crippen molar-refractivity contribution in [1.29, 1.82) is 0 Å². The monoisotopic (exact) mass is 332 g/mol. The molecule has 0 aliphatic rings. The van der Waals surface area contributed by atoms with Gasteiger partial charge in [-0.1, -0.05) is 6.92 Å². The zero-order valence-corrected chi connectivity index (χ0v) is 12.7. The van der Waals surface area contributed by atoms with E-state index < -0.39 is 17.8 Å². The van der Waals surface area contributed by atoms with Crippen molar-refractivity contribution < 1.29 is 27.1 Å². The fraction of sp³-hybridized carbons (Fsp3) is 0.538. The summed E-state index contributed by atoms with van der Waals surface area (Å²) in [7, 11) is 1.24. The Morgan fingerprint density at radius 1 is 1.43 bits per heavy atom. The number of alkyl halides is 3. The van der Waals surface area contributed by atoms with Crippen molar-refractivity contribution in [1.82, 2.24) is 20.0 Å². The van der Waals surface area contributed by atoms with Crippen LogP contribution >= 0.6 is 0 Å². The molecule has 2 aromatic rings. The van der Waals surface area contributed by atoms with Gasteiger partial charge in [-0.15, -0.1) is 10.2 Å². The molecule has 2 heterocycles. The molecular weight excluding hydrogens is 317 g/mol. The van der Waals surface area contributed by atoms with Crippen LogP contribution < -0.4 is 0 Å². The summed E-state index contributed by atoms with van der Waals surface area (Å²) in [4.78, 5) is 11.1. The number of methoxy groups -OCH3 is 1. The second-order valence-corrected chi connectivity index (χ2v) is 5.04. The minimum absolute atomic E-state index is 0.0897. The highest BCUT2D eigenvalue weighted by Gasteiger charge is 2.34. The molecule has 0 aliphatic carbocycles. The average Bonchev–Trinajstić information content (AvgIpc) is 3.06. The van der Waals surface area contributed by atoms with Crippen molar-refractivity contribution in [3.8, 4) is 0 Å². The van der Waals surface area contributed by atoms with Gasteiger partial charge in [0.2, 0.25) is 11.8 Å². The largest absolute Gasteiger partial charge is 0.469 e. The summed E-state index contributed by atoms with van der Waals surface area (Å²) in [5.74, 6) is -0.585. The van der Waals surface area contributed by atoms with Gasteiger partial charge in [0.05, 0.1) is 19.6 Å². The van der Waals surface area contributed by atoms with Crippen LogP contribution in [-0.2, 0) is 28.7 Å². The first-order valence-electron chi connectivity index (χ1n) is 6.71. The van der Waals surface area contributed by atoms with Gasteiger partial charge in [-0.05, 0) is 13.0 Å². The van der Waals surface area contributed by atoms with Crippen LogP contribution in [0, 0.1) is 6.92 Å². The summed E-state index contributed by atoms with van der Waals surface area (Å²) in [6.07, 6.45) is -4.65. The number of nitrogens with zero attached hydrogens (tertiary/aromatic N) is 4. The smallest absolute Gasteiger partial charge is 0.435 e. The molecule has 1 unspecified atom stereocenters. The maximum absolute atomic E-state index is 12.6. The molecule has 0 amide bonds. The number of aromatic nitrogens is 4. The number of ether oxygens (including phenoxy) is 1. The molecule has 10 heteroatoms. The first kappa shape index (κ1) is 17.0. The summed E-state index contributed by atoms with van der Waals surface area (Å²) in [5.41, 5.74) is -0.572. The maximum atomic E-state index is 12.6. The van der Waals surface area contributed by atoms with Gasteiger partial charge in [-0.2, -0.15) is 18.3 Å². The molecule has 0 aliphatic heterocycles. The van der Waals surface area contributed by atoms with Crippen LogP contribution in [0.15, 0.2) is 10.5 Å². The lowest BCUT2D eigenvalue weighted by atomic mass is 10.2. The zero-order chi connectivity index (χ0) is 17.2. The van der Waals surface area contributed by atoms with Gasteiger partial charge in [0.25, 0.3) is 0 Å². The van der Waals surface area contributed by atoms with Crippen LogP contribution in [0.5, 0.6) is 0 Å². The lowest BCUT2D eigenvalue weighted by molar-refractivity contribution is -0.141. The summed E-state index contributed by atoms with van der Waals surface area (Å²) in [6.45, 7) is 3.39. The summed E-state index contributed by atoms with van der Waals surface area (Å²) >= 11 is 0. The zero-order valence-electron chi connectivity index (χ0n) is 12.7. The first-order valence-corrected chi connectivity index (χ1v) is 6.71. The van der Waals surface area contributed by atoms with E-state index in [4.69, 9.17) is 4.42 Å². The predicted octanol–water partition coefficient (Wildman–Crippen LogP) is 2.11. The van der Waals surface area contributed by atoms with E-state index >= 15 is 0 Å². The van der Waals surface area contributed by atoms with Crippen molar-refractivity contribution in [2.24, 2.45) is 0 Å². The van der Waals surface area contributed by atoms with Gasteiger partial charge in [0, 0.05) is 5.69 Å². The lowest BCUT2D eigenvalue weighted by Gasteiger charge is -2.09. The predicted molar refractivity (Wildman–Crippen MR) is 70.4 cm³/mol. The molecule has 0 saturated heterocycles. The van der Waals surface area contributed by atoms with E-state index in [1.807, 2.05) is 0 Å². The number of carbonyl (C=O) groups is 1. The Kier molecular flexibility index (Phi) is 4.71. The molecule has 0 spiro atoms. The second kappa shape index (κ2) is 6.39. The van der Waals surface area contributed by atoms with E-state index in [1.54, 1.807) is 6.92 Å². The Hall–Kier alpha value is -2.39. The molecular formula is C13H15F3N4O3. The van der Waals surface area contributed by atoms with Gasteiger partial charge >= 0.3 is 12.1 Å². The quantitative estimate of drug-likeness (QED) is 0.780. The van der Waals surface area contributed by atoms with Gasteiger partial charge in [0.15, 0.2) is 5.69 Å². The molecule has 0 fully saturated rings. The normalized spacial score (nSPS) is 13.1.